The van der Waals surface area contributed by atoms with Crippen molar-refractivity contribution in [2.24, 2.45) is 4.99 Å². The van der Waals surface area contributed by atoms with E-state index in [4.69, 9.17) is 9.73 Å². The van der Waals surface area contributed by atoms with E-state index in [-0.39, 0.29) is 5.88 Å². The predicted octanol–water partition coefficient (Wildman–Crippen LogP) is 5.91. The summed E-state index contributed by atoms with van der Waals surface area (Å²) in [5, 5.41) is 11.7. The molecule has 2 N–H and O–H groups in total. The quantitative estimate of drug-likeness (QED) is 0.352. The summed E-state index contributed by atoms with van der Waals surface area (Å²) in [6.07, 6.45) is 3.94. The highest BCUT2D eigenvalue weighted by Crippen LogP contribution is 2.31. The Labute approximate surface area is 194 Å². The van der Waals surface area contributed by atoms with Gasteiger partial charge in [-0.2, -0.15) is 0 Å². The first-order chi connectivity index (χ1) is 16.3. The third-order valence-corrected chi connectivity index (χ3v) is 6.17. The van der Waals surface area contributed by atoms with Crippen LogP contribution in [0.25, 0.3) is 10.9 Å². The van der Waals surface area contributed by atoms with Gasteiger partial charge >= 0.3 is 0 Å². The second kappa shape index (κ2) is 9.92. The number of para-hydroxylation sites is 1. The molecule has 0 aliphatic carbocycles. The highest BCUT2D eigenvalue weighted by Gasteiger charge is 2.18. The van der Waals surface area contributed by atoms with E-state index in [1.165, 1.54) is 32.4 Å². The molecule has 1 aromatic heterocycles. The molecule has 4 aromatic rings. The van der Waals surface area contributed by atoms with Gasteiger partial charge in [0.1, 0.15) is 12.4 Å². The van der Waals surface area contributed by atoms with Crippen molar-refractivity contribution >= 4 is 22.3 Å². The van der Waals surface area contributed by atoms with Gasteiger partial charge < -0.3 is 14.8 Å². The van der Waals surface area contributed by atoms with Crippen LogP contribution in [0.1, 0.15) is 30.4 Å². The van der Waals surface area contributed by atoms with E-state index in [1.54, 1.807) is 0 Å². The van der Waals surface area contributed by atoms with E-state index in [0.29, 0.717) is 12.2 Å². The molecule has 33 heavy (non-hydrogen) atoms. The Kier molecular flexibility index (Phi) is 6.40. The minimum atomic E-state index is 0.122. The molecule has 3 aromatic carbocycles. The maximum atomic E-state index is 10.7. The normalized spacial score (nSPS) is 15.1. The molecule has 0 atom stereocenters. The number of nitrogens with one attached hydrogen (secondary N) is 1. The van der Waals surface area contributed by atoms with Gasteiger partial charge in [-0.3, -0.25) is 4.90 Å². The largest absolute Gasteiger partial charge is 0.494 e. The summed E-state index contributed by atoms with van der Waals surface area (Å²) in [7, 11) is 0. The third-order valence-electron chi connectivity index (χ3n) is 6.17. The molecule has 0 radical (unpaired) electrons. The fourth-order valence-corrected chi connectivity index (χ4v) is 4.45. The number of aromatic hydroxyl groups is 1. The lowest BCUT2D eigenvalue weighted by molar-refractivity contribution is 0.183. The van der Waals surface area contributed by atoms with Crippen molar-refractivity contribution in [3.05, 3.63) is 90.0 Å². The Balaban J connectivity index is 1.39. The second-order valence-electron chi connectivity index (χ2n) is 8.47. The van der Waals surface area contributed by atoms with Gasteiger partial charge in [0.15, 0.2) is 5.88 Å². The Morgan fingerprint density at radius 1 is 0.879 bits per heavy atom. The van der Waals surface area contributed by atoms with Gasteiger partial charge in [-0.1, -0.05) is 55.0 Å². The Morgan fingerprint density at radius 2 is 1.61 bits per heavy atom. The first-order valence-electron chi connectivity index (χ1n) is 11.7. The summed E-state index contributed by atoms with van der Waals surface area (Å²) in [5.41, 5.74) is 4.07. The minimum absolute atomic E-state index is 0.122. The van der Waals surface area contributed by atoms with E-state index in [1.807, 2.05) is 78.9 Å². The van der Waals surface area contributed by atoms with Crippen molar-refractivity contribution in [1.29, 1.82) is 0 Å². The average molecular weight is 440 g/mol. The first kappa shape index (κ1) is 21.3. The van der Waals surface area contributed by atoms with Crippen molar-refractivity contribution < 1.29 is 9.84 Å². The van der Waals surface area contributed by atoms with E-state index in [2.05, 4.69) is 9.88 Å². The van der Waals surface area contributed by atoms with Crippen LogP contribution in [0.4, 0.5) is 5.69 Å². The zero-order chi connectivity index (χ0) is 22.5. The van der Waals surface area contributed by atoms with E-state index >= 15 is 0 Å². The minimum Gasteiger partial charge on any atom is -0.494 e. The Hall–Kier alpha value is -3.57. The molecule has 2 heterocycles. The average Bonchev–Trinajstić information content (AvgIpc) is 3.20. The maximum Gasteiger partial charge on any atom is 0.199 e. The molecule has 1 saturated heterocycles. The molecule has 5 rings (SSSR count). The zero-order valence-electron chi connectivity index (χ0n) is 18.7. The molecule has 168 valence electrons. The SMILES string of the molecule is Oc1[nH]c2ccccc2c1C(=Nc1ccc(OCCN2CCCCC2)cc1)c1ccccc1. The number of aromatic nitrogens is 1. The number of aromatic amines is 1. The zero-order valence-corrected chi connectivity index (χ0v) is 18.7. The summed E-state index contributed by atoms with van der Waals surface area (Å²) in [5.74, 6) is 0.971. The van der Waals surface area contributed by atoms with Gasteiger partial charge in [0.25, 0.3) is 0 Å². The van der Waals surface area contributed by atoms with Crippen molar-refractivity contribution in [2.45, 2.75) is 19.3 Å². The molecule has 0 spiro atoms. The van der Waals surface area contributed by atoms with Gasteiger partial charge in [0.2, 0.25) is 0 Å². The predicted molar refractivity (Wildman–Crippen MR) is 134 cm³/mol. The van der Waals surface area contributed by atoms with Gasteiger partial charge in [0.05, 0.1) is 17.0 Å². The van der Waals surface area contributed by atoms with E-state index in [9.17, 15) is 5.11 Å². The Bertz CT molecular complexity index is 1220. The summed E-state index contributed by atoms with van der Waals surface area (Å²) in [6.45, 7) is 4.03. The molecule has 0 amide bonds. The topological polar surface area (TPSA) is 60.9 Å². The summed E-state index contributed by atoms with van der Waals surface area (Å²) >= 11 is 0. The molecule has 1 aliphatic rings. The smallest absolute Gasteiger partial charge is 0.199 e. The number of hydrogen-bond acceptors (Lipinski definition) is 4. The lowest BCUT2D eigenvalue weighted by atomic mass is 10.0. The van der Waals surface area contributed by atoms with Crippen LogP contribution < -0.4 is 4.74 Å². The van der Waals surface area contributed by atoms with Gasteiger partial charge in [-0.15, -0.1) is 0 Å². The number of benzene rings is 3. The second-order valence-corrected chi connectivity index (χ2v) is 8.47. The monoisotopic (exact) mass is 439 g/mol. The van der Waals surface area contributed by atoms with Crippen molar-refractivity contribution in [2.75, 3.05) is 26.2 Å². The summed E-state index contributed by atoms with van der Waals surface area (Å²) < 4.78 is 5.97. The van der Waals surface area contributed by atoms with Crippen LogP contribution in [0.3, 0.4) is 0 Å². The number of fused-ring (bicyclic) bond motifs is 1. The molecule has 0 unspecified atom stereocenters. The number of H-pyrrole nitrogens is 1. The van der Waals surface area contributed by atoms with Crippen LogP contribution in [0.15, 0.2) is 83.9 Å². The maximum absolute atomic E-state index is 10.7. The van der Waals surface area contributed by atoms with Crippen LogP contribution in [-0.4, -0.2) is 46.9 Å². The third kappa shape index (κ3) is 4.94. The molecular formula is C28H29N3O2. The van der Waals surface area contributed by atoms with E-state index in [0.717, 1.165) is 40.2 Å². The number of rotatable bonds is 7. The number of hydrogen-bond donors (Lipinski definition) is 2. The molecule has 5 heteroatoms. The molecule has 0 bridgehead atoms. The lowest BCUT2D eigenvalue weighted by Gasteiger charge is -2.26. The van der Waals surface area contributed by atoms with Gasteiger partial charge in [-0.25, -0.2) is 4.99 Å². The van der Waals surface area contributed by atoms with Crippen LogP contribution in [0.2, 0.25) is 0 Å². The van der Waals surface area contributed by atoms with Crippen LogP contribution >= 0.6 is 0 Å². The fourth-order valence-electron chi connectivity index (χ4n) is 4.45. The molecule has 1 fully saturated rings. The van der Waals surface area contributed by atoms with Crippen molar-refractivity contribution in [1.82, 2.24) is 9.88 Å². The fraction of sp³-hybridized carbons (Fsp3) is 0.250. The van der Waals surface area contributed by atoms with Crippen molar-refractivity contribution in [3.63, 3.8) is 0 Å². The van der Waals surface area contributed by atoms with Crippen LogP contribution in [-0.2, 0) is 0 Å². The molecular weight excluding hydrogens is 410 g/mol. The van der Waals surface area contributed by atoms with Crippen molar-refractivity contribution in [3.8, 4) is 11.6 Å². The Morgan fingerprint density at radius 3 is 2.39 bits per heavy atom. The van der Waals surface area contributed by atoms with E-state index < -0.39 is 0 Å². The number of aliphatic imine (C=N–C) groups is 1. The standard InChI is InChI=1S/C28H29N3O2/c32-28-26(24-11-5-6-12-25(24)30-28)27(21-9-3-1-4-10-21)29-22-13-15-23(16-14-22)33-20-19-31-17-7-2-8-18-31/h1,3-6,9-16,30,32H,2,7-8,17-20H2. The lowest BCUT2D eigenvalue weighted by Crippen LogP contribution is -2.33. The first-order valence-corrected chi connectivity index (χ1v) is 11.7. The highest BCUT2D eigenvalue weighted by molar-refractivity contribution is 6.21. The van der Waals surface area contributed by atoms with Crippen LogP contribution in [0.5, 0.6) is 11.6 Å². The molecule has 5 nitrogen and oxygen atoms in total. The highest BCUT2D eigenvalue weighted by atomic mass is 16.5. The van der Waals surface area contributed by atoms with Gasteiger partial charge in [-0.05, 0) is 56.3 Å². The van der Waals surface area contributed by atoms with Gasteiger partial charge in [0, 0.05) is 23.0 Å². The summed E-state index contributed by atoms with van der Waals surface area (Å²) in [4.78, 5) is 10.5. The van der Waals surface area contributed by atoms with Crippen LogP contribution in [0, 0.1) is 0 Å². The number of likely N-dealkylation sites (tertiary alicyclic amines) is 1. The number of ether oxygens (including phenoxy) is 1. The number of nitrogens with zero attached hydrogens (tertiary/aromatic N) is 2. The molecule has 0 saturated carbocycles. The molecule has 1 aliphatic heterocycles. The number of piperidine rings is 1. The summed E-state index contributed by atoms with van der Waals surface area (Å²) in [6, 6.07) is 25.7.